The topological polar surface area (TPSA) is 98.2 Å². The number of amides is 2. The summed E-state index contributed by atoms with van der Waals surface area (Å²) in [5.74, 6) is 0.889. The van der Waals surface area contributed by atoms with Gasteiger partial charge in [-0.2, -0.15) is 5.10 Å². The molecule has 8 heteroatoms. The maximum Gasteiger partial charge on any atom is 0.262 e. The number of nitrogens with zero attached hydrogens (tertiary/aromatic N) is 1. The van der Waals surface area contributed by atoms with Gasteiger partial charge in [-0.05, 0) is 59.5 Å². The van der Waals surface area contributed by atoms with E-state index in [0.29, 0.717) is 23.7 Å². The van der Waals surface area contributed by atoms with Crippen LogP contribution in [0.3, 0.4) is 0 Å². The molecule has 2 amide bonds. The number of fused-ring (bicyclic) bond motifs is 1. The van der Waals surface area contributed by atoms with Crippen molar-refractivity contribution in [2.24, 2.45) is 11.0 Å². The second kappa shape index (κ2) is 11.2. The van der Waals surface area contributed by atoms with Crippen LogP contribution in [0.1, 0.15) is 35.3 Å². The normalized spacial score (nSPS) is 13.0. The van der Waals surface area contributed by atoms with Crippen LogP contribution in [0.4, 0.5) is 0 Å². The van der Waals surface area contributed by atoms with Crippen LogP contribution in [0, 0.1) is 5.92 Å². The van der Waals surface area contributed by atoms with Gasteiger partial charge in [0.25, 0.3) is 11.8 Å². The molecule has 35 heavy (non-hydrogen) atoms. The third kappa shape index (κ3) is 6.38. The summed E-state index contributed by atoms with van der Waals surface area (Å²) in [5, 5.41) is 6.81. The van der Waals surface area contributed by atoms with Gasteiger partial charge in [0.05, 0.1) is 6.21 Å². The molecule has 3 aromatic rings. The fourth-order valence-electron chi connectivity index (χ4n) is 3.43. The molecule has 3 aromatic carbocycles. The number of nitrogens with one attached hydrogen (secondary N) is 2. The number of benzene rings is 3. The van der Waals surface area contributed by atoms with Crippen LogP contribution in [-0.4, -0.2) is 30.9 Å². The van der Waals surface area contributed by atoms with E-state index in [9.17, 15) is 9.59 Å². The third-order valence-electron chi connectivity index (χ3n) is 5.39. The van der Waals surface area contributed by atoms with Crippen LogP contribution >= 0.6 is 0 Å². The fraction of sp³-hybridized carbons (Fsp3) is 0.222. The van der Waals surface area contributed by atoms with Gasteiger partial charge in [-0.3, -0.25) is 9.59 Å². The summed E-state index contributed by atoms with van der Waals surface area (Å²) in [7, 11) is 0. The summed E-state index contributed by atoms with van der Waals surface area (Å²) >= 11 is 0. The molecule has 8 nitrogen and oxygen atoms in total. The maximum absolute atomic E-state index is 12.7. The van der Waals surface area contributed by atoms with Gasteiger partial charge in [0.1, 0.15) is 18.4 Å². The second-order valence-electron chi connectivity index (χ2n) is 8.34. The van der Waals surface area contributed by atoms with Crippen molar-refractivity contribution in [2.75, 3.05) is 6.79 Å². The highest BCUT2D eigenvalue weighted by Crippen LogP contribution is 2.32. The molecule has 0 spiro atoms. The van der Waals surface area contributed by atoms with Gasteiger partial charge < -0.3 is 19.5 Å². The predicted octanol–water partition coefficient (Wildman–Crippen LogP) is 3.90. The van der Waals surface area contributed by atoms with Crippen molar-refractivity contribution in [3.05, 3.63) is 89.5 Å². The first-order valence-corrected chi connectivity index (χ1v) is 11.3. The van der Waals surface area contributed by atoms with E-state index in [2.05, 4.69) is 15.8 Å². The van der Waals surface area contributed by atoms with E-state index in [1.54, 1.807) is 18.2 Å². The number of hydrogen-bond acceptors (Lipinski definition) is 6. The summed E-state index contributed by atoms with van der Waals surface area (Å²) < 4.78 is 16.4. The first-order chi connectivity index (χ1) is 17.0. The van der Waals surface area contributed by atoms with Gasteiger partial charge in [-0.1, -0.05) is 44.2 Å². The Balaban J connectivity index is 1.30. The minimum absolute atomic E-state index is 0.124. The molecule has 2 N–H and O–H groups in total. The van der Waals surface area contributed by atoms with Crippen molar-refractivity contribution in [3.63, 3.8) is 0 Å². The van der Waals surface area contributed by atoms with Crippen molar-refractivity contribution in [2.45, 2.75) is 26.5 Å². The highest BCUT2D eigenvalue weighted by Gasteiger charge is 2.25. The Bertz CT molecular complexity index is 1190. The van der Waals surface area contributed by atoms with E-state index in [1.807, 2.05) is 68.4 Å². The van der Waals surface area contributed by atoms with Gasteiger partial charge in [-0.25, -0.2) is 5.43 Å². The zero-order chi connectivity index (χ0) is 24.6. The SMILES string of the molecule is CC(C)C(NC(=O)c1ccc2c(c1)OCO2)C(=O)N/N=C/c1ccc(OCc2ccccc2)cc1. The summed E-state index contributed by atoms with van der Waals surface area (Å²) in [5.41, 5.74) is 4.78. The van der Waals surface area contributed by atoms with Crippen molar-refractivity contribution < 1.29 is 23.8 Å². The molecule has 1 aliphatic heterocycles. The summed E-state index contributed by atoms with van der Waals surface area (Å²) in [6.07, 6.45) is 1.54. The lowest BCUT2D eigenvalue weighted by molar-refractivity contribution is -0.123. The molecule has 0 saturated heterocycles. The van der Waals surface area contributed by atoms with Gasteiger partial charge in [0, 0.05) is 5.56 Å². The van der Waals surface area contributed by atoms with Crippen molar-refractivity contribution in [1.29, 1.82) is 0 Å². The number of rotatable bonds is 9. The van der Waals surface area contributed by atoms with E-state index in [-0.39, 0.29) is 18.6 Å². The molecule has 0 saturated carbocycles. The van der Waals surface area contributed by atoms with Crippen LogP contribution in [0.5, 0.6) is 17.2 Å². The zero-order valence-electron chi connectivity index (χ0n) is 19.6. The standard InChI is InChI=1S/C27H27N3O5/c1-18(2)25(29-26(31)21-10-13-23-24(14-21)35-17-34-23)27(32)30-28-15-19-8-11-22(12-9-19)33-16-20-6-4-3-5-7-20/h3-15,18,25H,16-17H2,1-2H3,(H,29,31)(H,30,32)/b28-15+. The Hall–Kier alpha value is -4.33. The first kappa shape index (κ1) is 23.8. The average Bonchev–Trinajstić information content (AvgIpc) is 3.35. The van der Waals surface area contributed by atoms with Crippen LogP contribution in [0.25, 0.3) is 0 Å². The Morgan fingerprint density at radius 2 is 1.74 bits per heavy atom. The molecule has 180 valence electrons. The van der Waals surface area contributed by atoms with Crippen LogP contribution in [-0.2, 0) is 11.4 Å². The van der Waals surface area contributed by atoms with Crippen LogP contribution < -0.4 is 25.0 Å². The molecule has 0 fully saturated rings. The Morgan fingerprint density at radius 1 is 1.00 bits per heavy atom. The molecular weight excluding hydrogens is 446 g/mol. The number of carbonyl (C=O) groups excluding carboxylic acids is 2. The van der Waals surface area contributed by atoms with Crippen molar-refractivity contribution in [1.82, 2.24) is 10.7 Å². The Labute approximate surface area is 203 Å². The molecular formula is C27H27N3O5. The number of carbonyl (C=O) groups is 2. The minimum atomic E-state index is -0.765. The van der Waals surface area contributed by atoms with Crippen molar-refractivity contribution >= 4 is 18.0 Å². The molecule has 0 aromatic heterocycles. The second-order valence-corrected chi connectivity index (χ2v) is 8.34. The lowest BCUT2D eigenvalue weighted by Crippen LogP contribution is -2.48. The average molecular weight is 474 g/mol. The largest absolute Gasteiger partial charge is 0.489 e. The van der Waals surface area contributed by atoms with E-state index in [4.69, 9.17) is 14.2 Å². The van der Waals surface area contributed by atoms with E-state index in [1.165, 1.54) is 6.21 Å². The van der Waals surface area contributed by atoms with E-state index < -0.39 is 11.9 Å². The van der Waals surface area contributed by atoms with Gasteiger partial charge in [0.15, 0.2) is 11.5 Å². The monoisotopic (exact) mass is 473 g/mol. The molecule has 4 rings (SSSR count). The third-order valence-corrected chi connectivity index (χ3v) is 5.39. The minimum Gasteiger partial charge on any atom is -0.489 e. The maximum atomic E-state index is 12.7. The van der Waals surface area contributed by atoms with Gasteiger partial charge >= 0.3 is 0 Å². The molecule has 1 unspecified atom stereocenters. The molecule has 0 bridgehead atoms. The van der Waals surface area contributed by atoms with Crippen LogP contribution in [0.2, 0.25) is 0 Å². The number of ether oxygens (including phenoxy) is 3. The molecule has 0 aliphatic carbocycles. The van der Waals surface area contributed by atoms with Gasteiger partial charge in [0.2, 0.25) is 6.79 Å². The first-order valence-electron chi connectivity index (χ1n) is 11.3. The van der Waals surface area contributed by atoms with Gasteiger partial charge in [-0.15, -0.1) is 0 Å². The fourth-order valence-corrected chi connectivity index (χ4v) is 3.43. The summed E-state index contributed by atoms with van der Waals surface area (Å²) in [6.45, 7) is 4.31. The molecule has 1 heterocycles. The zero-order valence-corrected chi connectivity index (χ0v) is 19.6. The van der Waals surface area contributed by atoms with Crippen LogP contribution in [0.15, 0.2) is 77.9 Å². The Kier molecular flexibility index (Phi) is 7.62. The highest BCUT2D eigenvalue weighted by molar-refractivity contribution is 5.98. The van der Waals surface area contributed by atoms with E-state index in [0.717, 1.165) is 16.9 Å². The lowest BCUT2D eigenvalue weighted by atomic mass is 10.0. The summed E-state index contributed by atoms with van der Waals surface area (Å²) in [6, 6.07) is 21.4. The quantitative estimate of drug-likeness (QED) is 0.363. The predicted molar refractivity (Wildman–Crippen MR) is 132 cm³/mol. The lowest BCUT2D eigenvalue weighted by Gasteiger charge is -2.20. The Morgan fingerprint density at radius 3 is 2.49 bits per heavy atom. The molecule has 0 radical (unpaired) electrons. The molecule has 1 atom stereocenters. The smallest absolute Gasteiger partial charge is 0.262 e. The molecule has 1 aliphatic rings. The summed E-state index contributed by atoms with van der Waals surface area (Å²) in [4.78, 5) is 25.4. The van der Waals surface area contributed by atoms with E-state index >= 15 is 0 Å². The van der Waals surface area contributed by atoms with Crippen molar-refractivity contribution in [3.8, 4) is 17.2 Å². The highest BCUT2D eigenvalue weighted by atomic mass is 16.7. The number of hydrogen-bond donors (Lipinski definition) is 2. The number of hydrazone groups is 1.